The molecular weight excluding hydrogens is 400 g/mol. The van der Waals surface area contributed by atoms with Gasteiger partial charge in [0.05, 0.1) is 12.3 Å². The van der Waals surface area contributed by atoms with Crippen molar-refractivity contribution in [3.63, 3.8) is 0 Å². The van der Waals surface area contributed by atoms with Crippen LogP contribution in [0, 0.1) is 28.1 Å². The van der Waals surface area contributed by atoms with Gasteiger partial charge in [-0.25, -0.2) is 0 Å². The fourth-order valence-electron chi connectivity index (χ4n) is 7.95. The van der Waals surface area contributed by atoms with E-state index < -0.39 is 51.9 Å². The van der Waals surface area contributed by atoms with Gasteiger partial charge >= 0.3 is 11.9 Å². The lowest BCUT2D eigenvalue weighted by Gasteiger charge is -2.65. The third-order valence-electron chi connectivity index (χ3n) is 9.36. The number of esters is 2. The van der Waals surface area contributed by atoms with Gasteiger partial charge in [0, 0.05) is 10.8 Å². The molecule has 2 saturated carbocycles. The Bertz CT molecular complexity index is 1080. The molecule has 0 spiro atoms. The van der Waals surface area contributed by atoms with Crippen LogP contribution >= 0.6 is 0 Å². The van der Waals surface area contributed by atoms with E-state index in [1.165, 1.54) is 0 Å². The zero-order valence-corrected chi connectivity index (χ0v) is 18.4. The smallest absolute Gasteiger partial charge is 0.323 e. The average molecular weight is 426 g/mol. The van der Waals surface area contributed by atoms with Crippen molar-refractivity contribution in [1.82, 2.24) is 0 Å². The topological polar surface area (TPSA) is 96.0 Å². The molecule has 0 aromatic rings. The summed E-state index contributed by atoms with van der Waals surface area (Å²) in [7, 11) is 0. The van der Waals surface area contributed by atoms with Gasteiger partial charge in [-0.2, -0.15) is 0 Å². The highest BCUT2D eigenvalue weighted by molar-refractivity contribution is 6.22. The number of fused-ring (bicyclic) bond motifs is 2. The van der Waals surface area contributed by atoms with Crippen LogP contribution in [0.15, 0.2) is 22.8 Å². The second-order valence-corrected chi connectivity index (χ2v) is 11.0. The van der Waals surface area contributed by atoms with Crippen LogP contribution in [-0.2, 0) is 33.4 Å². The maximum Gasteiger partial charge on any atom is 0.323 e. The molecule has 7 rings (SSSR count). The molecule has 0 aromatic carbocycles. The minimum Gasteiger partial charge on any atom is -0.455 e. The van der Waals surface area contributed by atoms with Gasteiger partial charge in [0.1, 0.15) is 11.0 Å². The summed E-state index contributed by atoms with van der Waals surface area (Å²) < 4.78 is 16.9. The Kier molecular flexibility index (Phi) is 3.25. The molecule has 164 valence electrons. The summed E-state index contributed by atoms with van der Waals surface area (Å²) in [6.45, 7) is 9.56. The lowest BCUT2D eigenvalue weighted by Crippen LogP contribution is -2.77. The van der Waals surface area contributed by atoms with E-state index in [-0.39, 0.29) is 24.1 Å². The molecule has 0 radical (unpaired) electrons. The molecule has 5 bridgehead atoms. The summed E-state index contributed by atoms with van der Waals surface area (Å²) >= 11 is 0. The number of hydrogen-bond donors (Lipinski definition) is 0. The predicted molar refractivity (Wildman–Crippen MR) is 105 cm³/mol. The predicted octanol–water partition coefficient (Wildman–Crippen LogP) is 2.43. The zero-order chi connectivity index (χ0) is 22.3. The number of Topliss-reactive ketones (excluding diaryl/α,β-unsaturated/α-hetero) is 2. The van der Waals surface area contributed by atoms with Crippen molar-refractivity contribution in [3.8, 4) is 0 Å². The standard InChI is InChI=1S/C24H26O7/c1-10-11-8-14(25)31-21(2,3)12(11)6-7-23(5)13(10)9-22(4)16-19-29-15(17(22)26)18(27)24(16,23)20(28)30-19/h6,13,15-16,19H,7-9H2,1-5H3/t13-,15?,16+,19-,22+,23-,24-/m0/s1. The molecule has 0 aromatic heterocycles. The maximum atomic E-state index is 13.8. The largest absolute Gasteiger partial charge is 0.455 e. The molecule has 7 aliphatic rings. The Balaban J connectivity index is 1.65. The van der Waals surface area contributed by atoms with Crippen LogP contribution in [0.5, 0.6) is 0 Å². The van der Waals surface area contributed by atoms with Crippen molar-refractivity contribution in [2.75, 3.05) is 0 Å². The number of hydrogen-bond acceptors (Lipinski definition) is 7. The summed E-state index contributed by atoms with van der Waals surface area (Å²) in [5, 5.41) is 0. The van der Waals surface area contributed by atoms with Crippen LogP contribution in [0.3, 0.4) is 0 Å². The van der Waals surface area contributed by atoms with Crippen molar-refractivity contribution >= 4 is 23.5 Å². The minimum absolute atomic E-state index is 0.154. The van der Waals surface area contributed by atoms with Gasteiger partial charge in [-0.1, -0.05) is 25.5 Å². The van der Waals surface area contributed by atoms with E-state index in [1.807, 2.05) is 40.7 Å². The number of carbonyl (C=O) groups is 4. The Labute approximate surface area is 180 Å². The van der Waals surface area contributed by atoms with E-state index in [9.17, 15) is 19.2 Å². The highest BCUT2D eigenvalue weighted by Gasteiger charge is 2.86. The van der Waals surface area contributed by atoms with Crippen LogP contribution in [0.4, 0.5) is 0 Å². The molecule has 4 saturated heterocycles. The van der Waals surface area contributed by atoms with E-state index in [0.717, 1.165) is 16.7 Å². The lowest BCUT2D eigenvalue weighted by molar-refractivity contribution is -0.257. The average Bonchev–Trinajstić information content (AvgIpc) is 2.88. The Hall–Kier alpha value is -2.28. The third-order valence-corrected chi connectivity index (χ3v) is 9.36. The van der Waals surface area contributed by atoms with E-state index in [2.05, 4.69) is 0 Å². The number of ether oxygens (including phenoxy) is 3. The molecular formula is C24H26O7. The monoisotopic (exact) mass is 426 g/mol. The number of rotatable bonds is 0. The Morgan fingerprint density at radius 2 is 1.74 bits per heavy atom. The first-order valence-electron chi connectivity index (χ1n) is 11.0. The summed E-state index contributed by atoms with van der Waals surface area (Å²) in [5.41, 5.74) is -1.09. The molecule has 7 heteroatoms. The molecule has 3 aliphatic carbocycles. The Morgan fingerprint density at radius 1 is 1.03 bits per heavy atom. The van der Waals surface area contributed by atoms with Crippen molar-refractivity contribution in [2.45, 2.75) is 71.9 Å². The van der Waals surface area contributed by atoms with E-state index in [4.69, 9.17) is 14.2 Å². The number of cyclic esters (lactones) is 1. The summed E-state index contributed by atoms with van der Waals surface area (Å²) in [5.74, 6) is -2.39. The normalized spacial score (nSPS) is 49.1. The molecule has 1 unspecified atom stereocenters. The SMILES string of the molecule is CC1=C2CC(=O)OC(C)(C)C2=CC[C@@]2(C)[C@H]1C[C@@]1(C)C(=O)C3O[C@H]4OC(=O)[C@@]2(C3=O)[C@H]41. The van der Waals surface area contributed by atoms with Gasteiger partial charge in [-0.15, -0.1) is 0 Å². The maximum absolute atomic E-state index is 13.8. The lowest BCUT2D eigenvalue weighted by atomic mass is 9.35. The number of allylic oxidation sites excluding steroid dienone is 2. The molecule has 0 amide bonds. The number of ketones is 2. The highest BCUT2D eigenvalue weighted by atomic mass is 16.7. The van der Waals surface area contributed by atoms with Crippen LogP contribution in [-0.4, -0.2) is 41.5 Å². The van der Waals surface area contributed by atoms with Crippen LogP contribution in [0.25, 0.3) is 0 Å². The van der Waals surface area contributed by atoms with E-state index >= 15 is 0 Å². The molecule has 7 nitrogen and oxygen atoms in total. The van der Waals surface area contributed by atoms with E-state index in [0.29, 0.717) is 12.8 Å². The van der Waals surface area contributed by atoms with Crippen LogP contribution in [0.1, 0.15) is 53.9 Å². The molecule has 6 fully saturated rings. The molecule has 0 N–H and O–H groups in total. The van der Waals surface area contributed by atoms with Crippen molar-refractivity contribution in [1.29, 1.82) is 0 Å². The van der Waals surface area contributed by atoms with Gasteiger partial charge in [0.25, 0.3) is 0 Å². The summed E-state index contributed by atoms with van der Waals surface area (Å²) in [6.07, 6.45) is 1.06. The van der Waals surface area contributed by atoms with Gasteiger partial charge in [0.15, 0.2) is 17.7 Å². The fraction of sp³-hybridized carbons (Fsp3) is 0.667. The highest BCUT2D eigenvalue weighted by Crippen LogP contribution is 2.75. The zero-order valence-electron chi connectivity index (χ0n) is 18.4. The van der Waals surface area contributed by atoms with Crippen molar-refractivity contribution in [2.24, 2.45) is 28.1 Å². The van der Waals surface area contributed by atoms with E-state index in [1.54, 1.807) is 0 Å². The second-order valence-electron chi connectivity index (χ2n) is 11.0. The first-order chi connectivity index (χ1) is 14.4. The van der Waals surface area contributed by atoms with Crippen LogP contribution < -0.4 is 0 Å². The van der Waals surface area contributed by atoms with Gasteiger partial charge in [-0.3, -0.25) is 19.2 Å². The van der Waals surface area contributed by atoms with Crippen molar-refractivity contribution < 1.29 is 33.4 Å². The second kappa shape index (κ2) is 5.20. The fourth-order valence-corrected chi connectivity index (χ4v) is 7.95. The first kappa shape index (κ1) is 19.4. The van der Waals surface area contributed by atoms with Gasteiger partial charge in [-0.05, 0) is 50.7 Å². The summed E-state index contributed by atoms with van der Waals surface area (Å²) in [4.78, 5) is 53.0. The molecule has 7 atom stereocenters. The van der Waals surface area contributed by atoms with Gasteiger partial charge < -0.3 is 14.2 Å². The molecule has 31 heavy (non-hydrogen) atoms. The Morgan fingerprint density at radius 3 is 2.45 bits per heavy atom. The molecule has 4 aliphatic heterocycles. The quantitative estimate of drug-likeness (QED) is 0.434. The first-order valence-corrected chi connectivity index (χ1v) is 11.0. The summed E-state index contributed by atoms with van der Waals surface area (Å²) in [6, 6.07) is 0. The van der Waals surface area contributed by atoms with Gasteiger partial charge in [0.2, 0.25) is 6.29 Å². The third kappa shape index (κ3) is 1.81. The molecule has 4 heterocycles. The minimum atomic E-state index is -1.42. The van der Waals surface area contributed by atoms with Crippen molar-refractivity contribution in [3.05, 3.63) is 22.8 Å². The number of carbonyl (C=O) groups excluding carboxylic acids is 4. The van der Waals surface area contributed by atoms with Crippen LogP contribution in [0.2, 0.25) is 0 Å².